The van der Waals surface area contributed by atoms with Gasteiger partial charge in [-0.15, -0.1) is 0 Å². The molecule has 0 N–H and O–H groups in total. The molecular weight excluding hydrogens is 498 g/mol. The Morgan fingerprint density at radius 3 is 2.19 bits per heavy atom. The molecule has 0 amide bonds. The first-order valence-electron chi connectivity index (χ1n) is 11.5. The molecule has 184 valence electrons. The smallest absolute Gasteiger partial charge is 0.490 e. The van der Waals surface area contributed by atoms with Gasteiger partial charge in [0, 0.05) is 33.4 Å². The molecule has 0 unspecified atom stereocenters. The monoisotopic (exact) mass is 522 g/mol. The minimum atomic E-state index is -0.591. The number of ether oxygens (including phenoxy) is 1. The van der Waals surface area contributed by atoms with Crippen LogP contribution in [0.5, 0.6) is 5.75 Å². The summed E-state index contributed by atoms with van der Waals surface area (Å²) in [6.07, 6.45) is 3.08. The van der Waals surface area contributed by atoms with Crippen LogP contribution in [0.1, 0.15) is 27.7 Å². The van der Waals surface area contributed by atoms with Gasteiger partial charge >= 0.3 is 7.12 Å². The van der Waals surface area contributed by atoms with Crippen LogP contribution in [-0.2, 0) is 9.31 Å². The van der Waals surface area contributed by atoms with Crippen LogP contribution in [0.4, 0.5) is 0 Å². The summed E-state index contributed by atoms with van der Waals surface area (Å²) in [7, 11) is 0.850. The van der Waals surface area contributed by atoms with Crippen molar-refractivity contribution in [1.82, 2.24) is 9.38 Å². The number of halogens is 2. The number of hydrogen-bond acceptors (Lipinski definition) is 5. The van der Waals surface area contributed by atoms with Gasteiger partial charge in [-0.1, -0.05) is 59.6 Å². The highest BCUT2D eigenvalue weighted by atomic mass is 35.5. The van der Waals surface area contributed by atoms with E-state index in [4.69, 9.17) is 37.2 Å². The van der Waals surface area contributed by atoms with Gasteiger partial charge in [0.2, 0.25) is 5.75 Å². The van der Waals surface area contributed by atoms with Crippen LogP contribution < -0.4 is 15.8 Å². The molecule has 0 bridgehead atoms. The Bertz CT molecular complexity index is 1540. The largest absolute Gasteiger partial charge is 0.496 e. The standard InChI is InChI=1S/C27H25BCl2N2O4/c1-26(2)27(3,4)36-28(35-26)20-11-7-10-19(24(20)30)18-9-6-8-17(23(18)29)16-12-13-32-22(14-16)31-15-21(34-5)25(32)33/h6-15H,1-5H3. The Morgan fingerprint density at radius 1 is 0.917 bits per heavy atom. The summed E-state index contributed by atoms with van der Waals surface area (Å²) in [6.45, 7) is 8.03. The molecule has 3 heterocycles. The molecule has 0 saturated carbocycles. The SMILES string of the molecule is COc1cnc2cc(-c3cccc(-c4cccc(B5OC(C)(C)C(C)(C)O5)c4Cl)c3Cl)ccn2c1=O. The maximum Gasteiger partial charge on any atom is 0.496 e. The van der Waals surface area contributed by atoms with E-state index in [1.807, 2.05) is 76.2 Å². The third-order valence-corrected chi connectivity index (χ3v) is 7.86. The van der Waals surface area contributed by atoms with E-state index in [0.717, 1.165) is 27.7 Å². The van der Waals surface area contributed by atoms with Crippen molar-refractivity contribution in [2.45, 2.75) is 38.9 Å². The van der Waals surface area contributed by atoms with Gasteiger partial charge in [0.15, 0.2) is 0 Å². The van der Waals surface area contributed by atoms with E-state index in [1.165, 1.54) is 17.7 Å². The van der Waals surface area contributed by atoms with Crippen LogP contribution in [0.3, 0.4) is 0 Å². The first-order valence-corrected chi connectivity index (χ1v) is 12.3. The fraction of sp³-hybridized carbons (Fsp3) is 0.259. The highest BCUT2D eigenvalue weighted by Gasteiger charge is 2.52. The van der Waals surface area contributed by atoms with Gasteiger partial charge in [0.25, 0.3) is 5.56 Å². The van der Waals surface area contributed by atoms with Crippen molar-refractivity contribution in [2.75, 3.05) is 7.11 Å². The molecule has 4 aromatic rings. The molecule has 2 aromatic heterocycles. The molecule has 2 aromatic carbocycles. The van der Waals surface area contributed by atoms with Gasteiger partial charge in [0.05, 0.1) is 29.5 Å². The topological polar surface area (TPSA) is 62.1 Å². The zero-order valence-electron chi connectivity index (χ0n) is 20.6. The number of benzene rings is 2. The summed E-state index contributed by atoms with van der Waals surface area (Å²) in [5, 5.41) is 1.06. The number of hydrogen-bond donors (Lipinski definition) is 0. The molecule has 0 atom stereocenters. The molecule has 1 fully saturated rings. The van der Waals surface area contributed by atoms with E-state index < -0.39 is 18.3 Å². The average molecular weight is 523 g/mol. The van der Waals surface area contributed by atoms with Gasteiger partial charge < -0.3 is 14.0 Å². The molecule has 1 aliphatic heterocycles. The first kappa shape index (κ1) is 24.8. The summed E-state index contributed by atoms with van der Waals surface area (Å²) in [5.74, 6) is 0.178. The third-order valence-electron chi connectivity index (χ3n) is 7.03. The van der Waals surface area contributed by atoms with Gasteiger partial charge in [-0.05, 0) is 45.4 Å². The van der Waals surface area contributed by atoms with E-state index in [2.05, 4.69) is 4.98 Å². The van der Waals surface area contributed by atoms with Crippen molar-refractivity contribution in [3.8, 4) is 28.0 Å². The number of methoxy groups -OCH3 is 1. The molecule has 0 aliphatic carbocycles. The molecule has 1 aliphatic rings. The number of nitrogens with zero attached hydrogens (tertiary/aromatic N) is 2. The maximum atomic E-state index is 12.5. The van der Waals surface area contributed by atoms with E-state index in [0.29, 0.717) is 15.7 Å². The molecule has 0 spiro atoms. The van der Waals surface area contributed by atoms with E-state index in [1.54, 1.807) is 6.20 Å². The number of pyridine rings is 1. The highest BCUT2D eigenvalue weighted by Crippen LogP contribution is 2.41. The van der Waals surface area contributed by atoms with E-state index >= 15 is 0 Å². The van der Waals surface area contributed by atoms with Crippen molar-refractivity contribution in [3.05, 3.63) is 81.3 Å². The van der Waals surface area contributed by atoms with Gasteiger partial charge in [0.1, 0.15) is 5.65 Å². The van der Waals surface area contributed by atoms with Crippen molar-refractivity contribution in [3.63, 3.8) is 0 Å². The lowest BCUT2D eigenvalue weighted by atomic mass is 9.77. The van der Waals surface area contributed by atoms with Crippen LogP contribution in [0.25, 0.3) is 27.9 Å². The molecule has 0 radical (unpaired) electrons. The number of fused-ring (bicyclic) bond motifs is 1. The van der Waals surface area contributed by atoms with E-state index in [9.17, 15) is 4.79 Å². The summed E-state index contributed by atoms with van der Waals surface area (Å²) < 4.78 is 19.0. The second-order valence-electron chi connectivity index (χ2n) is 9.74. The lowest BCUT2D eigenvalue weighted by Crippen LogP contribution is -2.41. The van der Waals surface area contributed by atoms with Crippen LogP contribution in [-0.4, -0.2) is 34.8 Å². The lowest BCUT2D eigenvalue weighted by molar-refractivity contribution is 0.00578. The maximum absolute atomic E-state index is 12.5. The molecule has 1 saturated heterocycles. The summed E-state index contributed by atoms with van der Waals surface area (Å²) in [6, 6.07) is 15.2. The summed E-state index contributed by atoms with van der Waals surface area (Å²) in [4.78, 5) is 16.9. The highest BCUT2D eigenvalue weighted by molar-refractivity contribution is 6.66. The molecular formula is C27H25BCl2N2O4. The van der Waals surface area contributed by atoms with Gasteiger partial charge in [-0.25, -0.2) is 4.98 Å². The van der Waals surface area contributed by atoms with Crippen molar-refractivity contribution >= 4 is 41.4 Å². The molecule has 9 heteroatoms. The van der Waals surface area contributed by atoms with Gasteiger partial charge in [-0.2, -0.15) is 0 Å². The van der Waals surface area contributed by atoms with Gasteiger partial charge in [-0.3, -0.25) is 9.20 Å². The lowest BCUT2D eigenvalue weighted by Gasteiger charge is -2.32. The number of aromatic nitrogens is 2. The Hall–Kier alpha value is -2.84. The second kappa shape index (κ2) is 8.92. The van der Waals surface area contributed by atoms with E-state index in [-0.39, 0.29) is 11.3 Å². The molecule has 5 rings (SSSR count). The molecule has 6 nitrogen and oxygen atoms in total. The van der Waals surface area contributed by atoms with Crippen molar-refractivity contribution < 1.29 is 14.0 Å². The fourth-order valence-electron chi connectivity index (χ4n) is 4.24. The van der Waals surface area contributed by atoms with Crippen molar-refractivity contribution in [2.24, 2.45) is 0 Å². The Kier molecular flexibility index (Phi) is 6.16. The zero-order valence-corrected chi connectivity index (χ0v) is 22.1. The summed E-state index contributed by atoms with van der Waals surface area (Å²) >= 11 is 13.9. The minimum absolute atomic E-state index is 0.178. The Labute approximate surface area is 219 Å². The van der Waals surface area contributed by atoms with Crippen LogP contribution >= 0.6 is 23.2 Å². The normalized spacial score (nSPS) is 16.5. The Balaban J connectivity index is 1.57. The predicted octanol–water partition coefficient (Wildman–Crippen LogP) is 5.64. The average Bonchev–Trinajstić information content (AvgIpc) is 3.06. The third kappa shape index (κ3) is 4.00. The van der Waals surface area contributed by atoms with Crippen LogP contribution in [0.15, 0.2) is 65.7 Å². The first-order chi connectivity index (χ1) is 17.0. The Morgan fingerprint density at radius 2 is 1.53 bits per heavy atom. The zero-order chi connectivity index (χ0) is 25.8. The predicted molar refractivity (Wildman–Crippen MR) is 145 cm³/mol. The summed E-state index contributed by atoms with van der Waals surface area (Å²) in [5.41, 5.74) is 3.15. The molecule has 36 heavy (non-hydrogen) atoms. The van der Waals surface area contributed by atoms with Crippen molar-refractivity contribution in [1.29, 1.82) is 0 Å². The quantitative estimate of drug-likeness (QED) is 0.324. The second-order valence-corrected chi connectivity index (χ2v) is 10.5. The minimum Gasteiger partial charge on any atom is -0.490 e. The van der Waals surface area contributed by atoms with Crippen LogP contribution in [0, 0.1) is 0 Å². The van der Waals surface area contributed by atoms with Crippen LogP contribution in [0.2, 0.25) is 10.0 Å². The fourth-order valence-corrected chi connectivity index (χ4v) is 4.89. The number of rotatable bonds is 4.